The number of carbonyl (C=O) groups excluding carboxylic acids is 1. The maximum atomic E-state index is 12.6. The van der Waals surface area contributed by atoms with E-state index in [4.69, 9.17) is 11.6 Å². The SMILES string of the molecule is CC1CN(C)CCCN1C(=O)c1ccc(Cl)cc1Br. The minimum absolute atomic E-state index is 0.0753. The topological polar surface area (TPSA) is 23.6 Å². The molecular weight excluding hydrogens is 328 g/mol. The van der Waals surface area contributed by atoms with Crippen LogP contribution in [-0.4, -0.2) is 48.4 Å². The monoisotopic (exact) mass is 344 g/mol. The van der Waals surface area contributed by atoms with Gasteiger partial charge in [0, 0.05) is 28.6 Å². The molecule has 3 nitrogen and oxygen atoms in total. The van der Waals surface area contributed by atoms with Crippen LogP contribution in [0.15, 0.2) is 22.7 Å². The zero-order chi connectivity index (χ0) is 14.0. The quantitative estimate of drug-likeness (QED) is 0.780. The lowest BCUT2D eigenvalue weighted by atomic mass is 10.1. The van der Waals surface area contributed by atoms with Gasteiger partial charge in [-0.3, -0.25) is 4.79 Å². The van der Waals surface area contributed by atoms with Gasteiger partial charge < -0.3 is 9.80 Å². The zero-order valence-corrected chi connectivity index (χ0v) is 13.5. The molecule has 2 rings (SSSR count). The number of hydrogen-bond donors (Lipinski definition) is 0. The number of rotatable bonds is 1. The molecule has 1 fully saturated rings. The lowest BCUT2D eigenvalue weighted by molar-refractivity contribution is 0.0695. The van der Waals surface area contributed by atoms with Crippen molar-refractivity contribution in [1.82, 2.24) is 9.80 Å². The van der Waals surface area contributed by atoms with Crippen LogP contribution in [0, 0.1) is 0 Å². The number of benzene rings is 1. The van der Waals surface area contributed by atoms with Gasteiger partial charge >= 0.3 is 0 Å². The summed E-state index contributed by atoms with van der Waals surface area (Å²) in [7, 11) is 2.10. The van der Waals surface area contributed by atoms with Gasteiger partial charge in [-0.1, -0.05) is 11.6 Å². The van der Waals surface area contributed by atoms with E-state index in [-0.39, 0.29) is 11.9 Å². The van der Waals surface area contributed by atoms with Crippen molar-refractivity contribution in [3.63, 3.8) is 0 Å². The Morgan fingerprint density at radius 1 is 1.42 bits per heavy atom. The van der Waals surface area contributed by atoms with Crippen molar-refractivity contribution >= 4 is 33.4 Å². The van der Waals surface area contributed by atoms with Gasteiger partial charge in [0.2, 0.25) is 0 Å². The molecule has 0 saturated carbocycles. The van der Waals surface area contributed by atoms with Gasteiger partial charge in [0.05, 0.1) is 5.56 Å². The van der Waals surface area contributed by atoms with Crippen molar-refractivity contribution in [2.45, 2.75) is 19.4 Å². The van der Waals surface area contributed by atoms with Crippen LogP contribution in [0.25, 0.3) is 0 Å². The van der Waals surface area contributed by atoms with E-state index >= 15 is 0 Å². The van der Waals surface area contributed by atoms with Crippen LogP contribution in [0.5, 0.6) is 0 Å². The molecule has 1 aromatic rings. The number of nitrogens with zero attached hydrogens (tertiary/aromatic N) is 2. The van der Waals surface area contributed by atoms with E-state index in [1.54, 1.807) is 18.2 Å². The summed E-state index contributed by atoms with van der Waals surface area (Å²) in [6, 6.07) is 5.54. The van der Waals surface area contributed by atoms with Crippen LogP contribution in [-0.2, 0) is 0 Å². The minimum Gasteiger partial charge on any atom is -0.335 e. The number of likely N-dealkylation sites (N-methyl/N-ethyl adjacent to an activating group) is 1. The third-order valence-corrected chi connectivity index (χ3v) is 4.36. The molecule has 0 N–H and O–H groups in total. The molecule has 1 atom stereocenters. The summed E-state index contributed by atoms with van der Waals surface area (Å²) in [6.07, 6.45) is 1.01. The van der Waals surface area contributed by atoms with Gasteiger partial charge in [0.25, 0.3) is 5.91 Å². The molecule has 19 heavy (non-hydrogen) atoms. The fourth-order valence-electron chi connectivity index (χ4n) is 2.49. The molecule has 1 saturated heterocycles. The molecule has 5 heteroatoms. The lowest BCUT2D eigenvalue weighted by Gasteiger charge is -2.28. The summed E-state index contributed by atoms with van der Waals surface area (Å²) in [6.45, 7) is 4.86. The molecule has 1 aromatic carbocycles. The average Bonchev–Trinajstić information content (AvgIpc) is 2.49. The third-order valence-electron chi connectivity index (χ3n) is 3.47. The Hall–Kier alpha value is -0.580. The first-order valence-corrected chi connectivity index (χ1v) is 7.60. The summed E-state index contributed by atoms with van der Waals surface area (Å²) in [5.41, 5.74) is 0.681. The van der Waals surface area contributed by atoms with Crippen molar-refractivity contribution in [1.29, 1.82) is 0 Å². The van der Waals surface area contributed by atoms with Crippen molar-refractivity contribution < 1.29 is 4.79 Å². The summed E-state index contributed by atoms with van der Waals surface area (Å²) in [5, 5.41) is 0.632. The lowest BCUT2D eigenvalue weighted by Crippen LogP contribution is -2.42. The van der Waals surface area contributed by atoms with E-state index in [9.17, 15) is 4.79 Å². The first kappa shape index (κ1) is 14.8. The van der Waals surface area contributed by atoms with E-state index in [1.807, 2.05) is 4.90 Å². The average molecular weight is 346 g/mol. The third kappa shape index (κ3) is 3.50. The second-order valence-electron chi connectivity index (χ2n) is 5.09. The Labute approximate surface area is 127 Å². The summed E-state index contributed by atoms with van der Waals surface area (Å²) >= 11 is 9.34. The second kappa shape index (κ2) is 6.25. The van der Waals surface area contributed by atoms with Crippen LogP contribution in [0.4, 0.5) is 0 Å². The van der Waals surface area contributed by atoms with Crippen LogP contribution in [0.1, 0.15) is 23.7 Å². The Morgan fingerprint density at radius 3 is 2.84 bits per heavy atom. The highest BCUT2D eigenvalue weighted by molar-refractivity contribution is 9.10. The Kier molecular flexibility index (Phi) is 4.87. The first-order chi connectivity index (χ1) is 8.99. The standard InChI is InChI=1S/C14H18BrClN2O/c1-10-9-17(2)6-3-7-18(10)14(19)12-5-4-11(16)8-13(12)15/h4-5,8,10H,3,6-7,9H2,1-2H3. The number of hydrogen-bond acceptors (Lipinski definition) is 2. The molecule has 1 aliphatic heterocycles. The van der Waals surface area contributed by atoms with Crippen LogP contribution >= 0.6 is 27.5 Å². The molecule has 1 unspecified atom stereocenters. The predicted molar refractivity (Wildman–Crippen MR) is 81.8 cm³/mol. The van der Waals surface area contributed by atoms with Gasteiger partial charge in [-0.05, 0) is 61.1 Å². The molecule has 0 bridgehead atoms. The van der Waals surface area contributed by atoms with Crippen LogP contribution < -0.4 is 0 Å². The zero-order valence-electron chi connectivity index (χ0n) is 11.2. The van der Waals surface area contributed by atoms with Crippen molar-refractivity contribution in [3.8, 4) is 0 Å². The Bertz CT molecular complexity index is 481. The molecule has 0 aromatic heterocycles. The normalized spacial score (nSPS) is 21.3. The van der Waals surface area contributed by atoms with Gasteiger partial charge in [-0.15, -0.1) is 0 Å². The fraction of sp³-hybridized carbons (Fsp3) is 0.500. The number of halogens is 2. The maximum absolute atomic E-state index is 12.6. The minimum atomic E-state index is 0.0753. The summed E-state index contributed by atoms with van der Waals surface area (Å²) < 4.78 is 0.759. The largest absolute Gasteiger partial charge is 0.335 e. The number of amides is 1. The molecule has 0 spiro atoms. The van der Waals surface area contributed by atoms with E-state index < -0.39 is 0 Å². The number of carbonyl (C=O) groups is 1. The fourth-order valence-corrected chi connectivity index (χ4v) is 3.34. The highest BCUT2D eigenvalue weighted by atomic mass is 79.9. The molecule has 1 aliphatic rings. The van der Waals surface area contributed by atoms with Crippen molar-refractivity contribution in [2.75, 3.05) is 26.7 Å². The molecule has 1 heterocycles. The molecule has 104 valence electrons. The van der Waals surface area contributed by atoms with Gasteiger partial charge in [-0.2, -0.15) is 0 Å². The molecule has 1 amide bonds. The maximum Gasteiger partial charge on any atom is 0.255 e. The highest BCUT2D eigenvalue weighted by Crippen LogP contribution is 2.24. The molecule has 0 radical (unpaired) electrons. The van der Waals surface area contributed by atoms with Gasteiger partial charge in [0.1, 0.15) is 0 Å². The van der Waals surface area contributed by atoms with Crippen LogP contribution in [0.2, 0.25) is 5.02 Å². The van der Waals surface area contributed by atoms with E-state index in [0.29, 0.717) is 10.6 Å². The second-order valence-corrected chi connectivity index (χ2v) is 6.38. The van der Waals surface area contributed by atoms with E-state index in [1.165, 1.54) is 0 Å². The van der Waals surface area contributed by atoms with Crippen molar-refractivity contribution in [3.05, 3.63) is 33.3 Å². The highest BCUT2D eigenvalue weighted by Gasteiger charge is 2.26. The van der Waals surface area contributed by atoms with Gasteiger partial charge in [0.15, 0.2) is 0 Å². The van der Waals surface area contributed by atoms with Gasteiger partial charge in [-0.25, -0.2) is 0 Å². The predicted octanol–water partition coefficient (Wildman–Crippen LogP) is 3.27. The summed E-state index contributed by atoms with van der Waals surface area (Å²) in [4.78, 5) is 16.9. The van der Waals surface area contributed by atoms with Crippen molar-refractivity contribution in [2.24, 2.45) is 0 Å². The Morgan fingerprint density at radius 2 is 2.16 bits per heavy atom. The molecule has 0 aliphatic carbocycles. The first-order valence-electron chi connectivity index (χ1n) is 6.43. The van der Waals surface area contributed by atoms with E-state index in [0.717, 1.165) is 30.5 Å². The smallest absolute Gasteiger partial charge is 0.255 e. The van der Waals surface area contributed by atoms with E-state index in [2.05, 4.69) is 34.8 Å². The van der Waals surface area contributed by atoms with Crippen LogP contribution in [0.3, 0.4) is 0 Å². The Balaban J connectivity index is 2.22. The summed E-state index contributed by atoms with van der Waals surface area (Å²) in [5.74, 6) is 0.0753. The molecular formula is C14H18BrClN2O.